The van der Waals surface area contributed by atoms with Crippen LogP contribution in [0.5, 0.6) is 5.75 Å². The summed E-state index contributed by atoms with van der Waals surface area (Å²) in [5.41, 5.74) is 2.63. The molecule has 1 aliphatic rings. The molecular weight excluding hydrogens is 441 g/mol. The highest BCUT2D eigenvalue weighted by atomic mass is 19.2. The highest BCUT2D eigenvalue weighted by Crippen LogP contribution is 2.33. The van der Waals surface area contributed by atoms with Crippen molar-refractivity contribution in [3.8, 4) is 28.0 Å². The third kappa shape index (κ3) is 5.18. The molecule has 3 nitrogen and oxygen atoms in total. The number of ether oxygens (including phenoxy) is 3. The number of rotatable bonds is 8. The van der Waals surface area contributed by atoms with E-state index in [2.05, 4.69) is 6.58 Å². The number of benzene rings is 3. The first-order valence-corrected chi connectivity index (χ1v) is 11.4. The number of hydrogen-bond donors (Lipinski definition) is 0. The topological polar surface area (TPSA) is 27.7 Å². The molecule has 178 valence electrons. The van der Waals surface area contributed by atoms with Crippen molar-refractivity contribution in [2.24, 2.45) is 0 Å². The molecule has 4 rings (SSSR count). The molecule has 0 spiro atoms. The van der Waals surface area contributed by atoms with Crippen LogP contribution in [0, 0.1) is 17.5 Å². The Morgan fingerprint density at radius 3 is 2.24 bits per heavy atom. The third-order valence-corrected chi connectivity index (χ3v) is 5.89. The van der Waals surface area contributed by atoms with E-state index in [0.717, 1.165) is 18.4 Å². The van der Waals surface area contributed by atoms with Crippen LogP contribution in [-0.4, -0.2) is 26.1 Å². The maximum absolute atomic E-state index is 14.9. The molecule has 1 aliphatic heterocycles. The minimum Gasteiger partial charge on any atom is -0.490 e. The van der Waals surface area contributed by atoms with Crippen molar-refractivity contribution in [3.05, 3.63) is 90.3 Å². The zero-order valence-electron chi connectivity index (χ0n) is 19.0. The van der Waals surface area contributed by atoms with Crippen molar-refractivity contribution in [2.45, 2.75) is 32.0 Å². The summed E-state index contributed by atoms with van der Waals surface area (Å²) in [5, 5.41) is 0. The van der Waals surface area contributed by atoms with Crippen LogP contribution in [0.4, 0.5) is 13.2 Å². The minimum atomic E-state index is -0.995. The van der Waals surface area contributed by atoms with Crippen LogP contribution >= 0.6 is 0 Å². The molecule has 3 aromatic carbocycles. The standard InChI is InChI=1S/C28H27F3O3/c1-3-5-14-32-25-13-12-23(27(30)28(25)31)19-8-6-18(7-9-19)20-10-11-22(24(29)15-20)21-16-33-26(4-2)34-17-21/h4,6-13,15,21,26H,2-3,5,14,16-17H2,1H3. The van der Waals surface area contributed by atoms with Crippen LogP contribution in [0.25, 0.3) is 22.3 Å². The Hall–Kier alpha value is -3.09. The second-order valence-corrected chi connectivity index (χ2v) is 8.22. The van der Waals surface area contributed by atoms with Crippen molar-refractivity contribution in [2.75, 3.05) is 19.8 Å². The first-order valence-electron chi connectivity index (χ1n) is 11.4. The lowest BCUT2D eigenvalue weighted by atomic mass is 9.95. The molecule has 0 atom stereocenters. The van der Waals surface area contributed by atoms with Gasteiger partial charge in [-0.1, -0.05) is 56.3 Å². The quantitative estimate of drug-likeness (QED) is 0.257. The SMILES string of the molecule is C=CC1OCC(c2ccc(-c3ccc(-c4ccc(OCCCC)c(F)c4F)cc3)cc2F)CO1. The van der Waals surface area contributed by atoms with Gasteiger partial charge in [-0.05, 0) is 52.9 Å². The van der Waals surface area contributed by atoms with Gasteiger partial charge < -0.3 is 14.2 Å². The first-order chi connectivity index (χ1) is 16.5. The van der Waals surface area contributed by atoms with Gasteiger partial charge >= 0.3 is 0 Å². The molecule has 0 aromatic heterocycles. The van der Waals surface area contributed by atoms with E-state index in [4.69, 9.17) is 14.2 Å². The third-order valence-electron chi connectivity index (χ3n) is 5.89. The number of halogens is 3. The van der Waals surface area contributed by atoms with Crippen molar-refractivity contribution in [1.29, 1.82) is 0 Å². The van der Waals surface area contributed by atoms with E-state index in [1.54, 1.807) is 36.4 Å². The van der Waals surface area contributed by atoms with E-state index in [-0.39, 0.29) is 23.0 Å². The van der Waals surface area contributed by atoms with Crippen molar-refractivity contribution in [3.63, 3.8) is 0 Å². The largest absolute Gasteiger partial charge is 0.490 e. The molecule has 6 heteroatoms. The summed E-state index contributed by atoms with van der Waals surface area (Å²) in [7, 11) is 0. The number of hydrogen-bond acceptors (Lipinski definition) is 3. The maximum Gasteiger partial charge on any atom is 0.201 e. The van der Waals surface area contributed by atoms with E-state index >= 15 is 0 Å². The predicted octanol–water partition coefficient (Wildman–Crippen LogP) is 7.26. The first kappa shape index (κ1) is 24.0. The average molecular weight is 469 g/mol. The van der Waals surface area contributed by atoms with Crippen LogP contribution in [0.3, 0.4) is 0 Å². The summed E-state index contributed by atoms with van der Waals surface area (Å²) in [5.74, 6) is -2.57. The Labute approximate surface area is 197 Å². The van der Waals surface area contributed by atoms with Crippen molar-refractivity contribution >= 4 is 0 Å². The van der Waals surface area contributed by atoms with Crippen LogP contribution in [0.15, 0.2) is 67.3 Å². The molecule has 1 heterocycles. The monoisotopic (exact) mass is 468 g/mol. The summed E-state index contributed by atoms with van der Waals surface area (Å²) in [6.45, 7) is 6.67. The lowest BCUT2D eigenvalue weighted by molar-refractivity contribution is -0.159. The fraction of sp³-hybridized carbons (Fsp3) is 0.286. The Kier molecular flexibility index (Phi) is 7.70. The summed E-state index contributed by atoms with van der Waals surface area (Å²) in [6, 6.07) is 14.9. The van der Waals surface area contributed by atoms with Gasteiger partial charge in [0.1, 0.15) is 5.82 Å². The molecule has 0 N–H and O–H groups in total. The van der Waals surface area contributed by atoms with Gasteiger partial charge in [-0.25, -0.2) is 8.78 Å². The van der Waals surface area contributed by atoms with Crippen molar-refractivity contribution < 1.29 is 27.4 Å². The van der Waals surface area contributed by atoms with E-state index < -0.39 is 17.9 Å². The van der Waals surface area contributed by atoms with Gasteiger partial charge in [0.15, 0.2) is 17.9 Å². The predicted molar refractivity (Wildman–Crippen MR) is 126 cm³/mol. The van der Waals surface area contributed by atoms with Gasteiger partial charge in [0.2, 0.25) is 5.82 Å². The van der Waals surface area contributed by atoms with Gasteiger partial charge in [-0.3, -0.25) is 0 Å². The van der Waals surface area contributed by atoms with Gasteiger partial charge in [-0.2, -0.15) is 4.39 Å². The molecule has 1 fully saturated rings. The molecule has 0 amide bonds. The molecule has 0 bridgehead atoms. The second-order valence-electron chi connectivity index (χ2n) is 8.22. The van der Waals surface area contributed by atoms with E-state index in [1.165, 1.54) is 18.2 Å². The molecule has 3 aromatic rings. The Morgan fingerprint density at radius 1 is 0.912 bits per heavy atom. The Bertz CT molecular complexity index is 1140. The molecular formula is C28H27F3O3. The molecule has 0 saturated carbocycles. The minimum absolute atomic E-state index is 0.0873. The molecule has 1 saturated heterocycles. The summed E-state index contributed by atoms with van der Waals surface area (Å²) in [4.78, 5) is 0. The molecule has 34 heavy (non-hydrogen) atoms. The van der Waals surface area contributed by atoms with Crippen LogP contribution in [-0.2, 0) is 9.47 Å². The van der Waals surface area contributed by atoms with E-state index in [0.29, 0.717) is 36.5 Å². The average Bonchev–Trinajstić information content (AvgIpc) is 2.87. The van der Waals surface area contributed by atoms with Crippen molar-refractivity contribution in [1.82, 2.24) is 0 Å². The fourth-order valence-corrected chi connectivity index (χ4v) is 3.91. The van der Waals surface area contributed by atoms with Crippen LogP contribution in [0.2, 0.25) is 0 Å². The zero-order chi connectivity index (χ0) is 24.1. The Balaban J connectivity index is 1.50. The lowest BCUT2D eigenvalue weighted by Crippen LogP contribution is -2.29. The smallest absolute Gasteiger partial charge is 0.201 e. The van der Waals surface area contributed by atoms with E-state index in [9.17, 15) is 13.2 Å². The second kappa shape index (κ2) is 10.9. The van der Waals surface area contributed by atoms with Crippen LogP contribution in [0.1, 0.15) is 31.2 Å². The Morgan fingerprint density at radius 2 is 1.59 bits per heavy atom. The van der Waals surface area contributed by atoms with Gasteiger partial charge in [-0.15, -0.1) is 0 Å². The van der Waals surface area contributed by atoms with Gasteiger partial charge in [0.25, 0.3) is 0 Å². The summed E-state index contributed by atoms with van der Waals surface area (Å²) < 4.78 is 60.3. The van der Waals surface area contributed by atoms with E-state index in [1.807, 2.05) is 13.0 Å². The normalized spacial score (nSPS) is 18.0. The summed E-state index contributed by atoms with van der Waals surface area (Å²) in [6.07, 6.45) is 2.78. The summed E-state index contributed by atoms with van der Waals surface area (Å²) >= 11 is 0. The maximum atomic E-state index is 14.9. The fourth-order valence-electron chi connectivity index (χ4n) is 3.91. The number of unbranched alkanes of at least 4 members (excludes halogenated alkanes) is 1. The molecule has 0 unspecified atom stereocenters. The highest BCUT2D eigenvalue weighted by Gasteiger charge is 2.24. The zero-order valence-corrected chi connectivity index (χ0v) is 19.0. The van der Waals surface area contributed by atoms with Crippen LogP contribution < -0.4 is 4.74 Å². The molecule has 0 aliphatic carbocycles. The van der Waals surface area contributed by atoms with Gasteiger partial charge in [0.05, 0.1) is 19.8 Å². The highest BCUT2D eigenvalue weighted by molar-refractivity contribution is 5.71. The molecule has 0 radical (unpaired) electrons. The lowest BCUT2D eigenvalue weighted by Gasteiger charge is -2.28. The van der Waals surface area contributed by atoms with Gasteiger partial charge in [0, 0.05) is 11.5 Å².